The predicted octanol–water partition coefficient (Wildman–Crippen LogP) is 1.10. The van der Waals surface area contributed by atoms with Crippen molar-refractivity contribution in [1.29, 1.82) is 0 Å². The summed E-state index contributed by atoms with van der Waals surface area (Å²) >= 11 is 40.2. The summed E-state index contributed by atoms with van der Waals surface area (Å²) in [6, 6.07) is 0. The van der Waals surface area contributed by atoms with Crippen LogP contribution in [0.1, 0.15) is 55.4 Å². The van der Waals surface area contributed by atoms with Crippen molar-refractivity contribution in [2.24, 2.45) is 0 Å². The average molecular weight is 1010 g/mol. The lowest BCUT2D eigenvalue weighted by molar-refractivity contribution is -0.208. The summed E-state index contributed by atoms with van der Waals surface area (Å²) < 4.78 is 31.7. The van der Waals surface area contributed by atoms with E-state index in [9.17, 15) is 33.6 Å². The SMILES string of the molecule is CC(=O)C(C)Cl.CC(Cl)C(=O)OCC(OC(=O)C(C)Cl)C(OC(=O)C(C)Cl)C(OC(=O)C(C)Cl)C(COC(=O)C(C)Cl)OC(=O)C(C)Cl.OCC(O)C(O)C(O)C(O)CO. The highest BCUT2D eigenvalue weighted by Gasteiger charge is 2.47. The van der Waals surface area contributed by atoms with Crippen LogP contribution in [0, 0.1) is 0 Å². The van der Waals surface area contributed by atoms with Gasteiger partial charge in [0.05, 0.1) is 18.6 Å². The molecule has 0 aliphatic carbocycles. The second-order valence-corrected chi connectivity index (χ2v) is 17.0. The zero-order valence-corrected chi connectivity index (χ0v) is 38.9. The topological polar surface area (TPSA) is 296 Å². The van der Waals surface area contributed by atoms with Crippen LogP contribution in [0.3, 0.4) is 0 Å². The van der Waals surface area contributed by atoms with E-state index in [-0.39, 0.29) is 11.2 Å². The molecule has 0 radical (unpaired) electrons. The van der Waals surface area contributed by atoms with Gasteiger partial charge in [-0.2, -0.15) is 0 Å². The standard InChI is InChI=1S/C24H32Cl6O12.C6H14O6.C4H7ClO/c1-9(25)19(31)37-7-15(39-21(33)11(3)27)17(41-23(35)13(5)29)18(42-24(36)14(6)30)16(40-22(34)12(4)28)8-38-20(32)10(2)26;7-1-3(9)5(11)6(12)4(10)2-8;1-3(5)4(2)6/h9-18H,7-8H2,1-6H3;3-12H,1-2H2;3H,1-2H3. The monoisotopic (exact) mass is 1010 g/mol. The lowest BCUT2D eigenvalue weighted by atomic mass is 10.0. The number of alkyl halides is 7. The van der Waals surface area contributed by atoms with Gasteiger partial charge < -0.3 is 59.1 Å². The molecule has 26 heteroatoms. The first-order valence-electron chi connectivity index (χ1n) is 17.6. The van der Waals surface area contributed by atoms with Gasteiger partial charge in [-0.25, -0.2) is 0 Å². The smallest absolute Gasteiger partial charge is 0.324 e. The molecule has 0 saturated carbocycles. The quantitative estimate of drug-likeness (QED) is 0.0475. The molecular weight excluding hydrogens is 961 g/mol. The van der Waals surface area contributed by atoms with E-state index in [1.807, 2.05) is 0 Å². The second-order valence-electron chi connectivity index (χ2n) is 12.4. The molecule has 15 unspecified atom stereocenters. The van der Waals surface area contributed by atoms with E-state index in [1.165, 1.54) is 48.5 Å². The van der Waals surface area contributed by atoms with E-state index in [4.69, 9.17) is 140 Å². The maximum Gasteiger partial charge on any atom is 0.324 e. The molecule has 0 bridgehead atoms. The zero-order chi connectivity index (χ0) is 47.8. The van der Waals surface area contributed by atoms with Gasteiger partial charge >= 0.3 is 35.8 Å². The van der Waals surface area contributed by atoms with Crippen LogP contribution < -0.4 is 0 Å². The van der Waals surface area contributed by atoms with Crippen molar-refractivity contribution in [3.63, 3.8) is 0 Å². The van der Waals surface area contributed by atoms with Gasteiger partial charge in [0.1, 0.15) is 75.7 Å². The van der Waals surface area contributed by atoms with Crippen molar-refractivity contribution < 1.29 is 92.6 Å². The number of carbonyl (C=O) groups excluding carboxylic acids is 7. The van der Waals surface area contributed by atoms with E-state index in [0.717, 1.165) is 0 Å². The van der Waals surface area contributed by atoms with Crippen molar-refractivity contribution in [3.05, 3.63) is 0 Å². The summed E-state index contributed by atoms with van der Waals surface area (Å²) in [5.74, 6) is -6.37. The molecule has 0 aromatic carbocycles. The van der Waals surface area contributed by atoms with Gasteiger partial charge in [-0.3, -0.25) is 33.6 Å². The molecule has 0 saturated heterocycles. The molecule has 15 atom stereocenters. The first kappa shape index (κ1) is 62.6. The second kappa shape index (κ2) is 32.9. The number of ketones is 1. The predicted molar refractivity (Wildman–Crippen MR) is 218 cm³/mol. The molecule has 0 heterocycles. The summed E-state index contributed by atoms with van der Waals surface area (Å²) in [6.45, 7) is 7.55. The first-order valence-corrected chi connectivity index (χ1v) is 20.6. The van der Waals surface area contributed by atoms with E-state index in [0.29, 0.717) is 0 Å². The van der Waals surface area contributed by atoms with Gasteiger partial charge in [-0.1, -0.05) is 0 Å². The fraction of sp³-hybridized carbons (Fsp3) is 0.794. The van der Waals surface area contributed by atoms with Crippen LogP contribution in [0.2, 0.25) is 0 Å². The van der Waals surface area contributed by atoms with Crippen molar-refractivity contribution in [1.82, 2.24) is 0 Å². The Labute approximate surface area is 381 Å². The lowest BCUT2D eigenvalue weighted by Crippen LogP contribution is -2.56. The highest BCUT2D eigenvalue weighted by Crippen LogP contribution is 2.24. The van der Waals surface area contributed by atoms with E-state index in [2.05, 4.69) is 0 Å². The van der Waals surface area contributed by atoms with Gasteiger partial charge in [-0.05, 0) is 55.4 Å². The van der Waals surface area contributed by atoms with Crippen LogP contribution in [0.5, 0.6) is 0 Å². The van der Waals surface area contributed by atoms with Crippen LogP contribution in [-0.2, 0) is 62.0 Å². The zero-order valence-electron chi connectivity index (χ0n) is 33.6. The Kier molecular flexibility index (Phi) is 34.3. The van der Waals surface area contributed by atoms with Crippen LogP contribution >= 0.6 is 81.2 Å². The minimum Gasteiger partial charge on any atom is -0.460 e. The van der Waals surface area contributed by atoms with Gasteiger partial charge in [0.2, 0.25) is 0 Å². The first-order chi connectivity index (χ1) is 27.5. The van der Waals surface area contributed by atoms with Crippen LogP contribution in [0.15, 0.2) is 0 Å². The molecule has 0 fully saturated rings. The Morgan fingerprint density at radius 2 is 0.633 bits per heavy atom. The third-order valence-corrected chi connectivity index (χ3v) is 8.27. The molecule has 0 amide bonds. The molecule has 0 rings (SSSR count). The largest absolute Gasteiger partial charge is 0.460 e. The van der Waals surface area contributed by atoms with Gasteiger partial charge in [-0.15, -0.1) is 81.2 Å². The summed E-state index contributed by atoms with van der Waals surface area (Å²) in [4.78, 5) is 84.8. The number of carbonyl (C=O) groups is 7. The van der Waals surface area contributed by atoms with E-state index < -0.39 is 143 Å². The molecule has 60 heavy (non-hydrogen) atoms. The minimum absolute atomic E-state index is 0.0247. The Morgan fingerprint density at radius 1 is 0.417 bits per heavy atom. The molecule has 0 aliphatic heterocycles. The summed E-state index contributed by atoms with van der Waals surface area (Å²) in [7, 11) is 0. The lowest BCUT2D eigenvalue weighted by Gasteiger charge is -2.36. The fourth-order valence-corrected chi connectivity index (χ4v) is 3.60. The number of esters is 6. The highest BCUT2D eigenvalue weighted by molar-refractivity contribution is 6.31. The molecule has 0 aliphatic rings. The Hall–Kier alpha value is -1.72. The Morgan fingerprint density at radius 3 is 0.817 bits per heavy atom. The number of halogens is 7. The number of Topliss-reactive ketones (excluding diaryl/α,β-unsaturated/α-hetero) is 1. The maximum atomic E-state index is 12.7. The maximum absolute atomic E-state index is 12.7. The number of rotatable bonds is 23. The van der Waals surface area contributed by atoms with E-state index >= 15 is 0 Å². The van der Waals surface area contributed by atoms with Crippen LogP contribution in [0.25, 0.3) is 0 Å². The van der Waals surface area contributed by atoms with E-state index in [1.54, 1.807) is 6.92 Å². The number of hydrogen-bond donors (Lipinski definition) is 6. The fourth-order valence-electron chi connectivity index (χ4n) is 3.27. The van der Waals surface area contributed by atoms with Gasteiger partial charge in [0, 0.05) is 0 Å². The van der Waals surface area contributed by atoms with Crippen molar-refractivity contribution in [2.75, 3.05) is 26.4 Å². The summed E-state index contributed by atoms with van der Waals surface area (Å²) in [6.07, 6.45) is -13.9. The molecular formula is C34H53Cl7O19. The van der Waals surface area contributed by atoms with Crippen molar-refractivity contribution in [3.8, 4) is 0 Å². The molecule has 19 nitrogen and oxygen atoms in total. The highest BCUT2D eigenvalue weighted by atomic mass is 35.5. The summed E-state index contributed by atoms with van der Waals surface area (Å²) in [5.41, 5.74) is 0. The Bertz CT molecular complexity index is 1230. The number of aliphatic hydroxyl groups is 6. The number of ether oxygens (including phenoxy) is 6. The van der Waals surface area contributed by atoms with Gasteiger partial charge in [0.25, 0.3) is 0 Å². The van der Waals surface area contributed by atoms with Gasteiger partial charge in [0.15, 0.2) is 24.4 Å². The van der Waals surface area contributed by atoms with Crippen molar-refractivity contribution >= 4 is 123 Å². The molecule has 6 N–H and O–H groups in total. The number of hydrogen-bond acceptors (Lipinski definition) is 19. The molecule has 0 aromatic heterocycles. The summed E-state index contributed by atoms with van der Waals surface area (Å²) in [5, 5.41) is 44.4. The third-order valence-electron chi connectivity index (χ3n) is 6.90. The van der Waals surface area contributed by atoms with Crippen LogP contribution in [-0.4, -0.2) is 185 Å². The molecule has 0 spiro atoms. The van der Waals surface area contributed by atoms with Crippen LogP contribution in [0.4, 0.5) is 0 Å². The van der Waals surface area contributed by atoms with Crippen molar-refractivity contribution in [2.45, 2.75) is 142 Å². The average Bonchev–Trinajstić information content (AvgIpc) is 3.17. The third kappa shape index (κ3) is 26.7. The minimum atomic E-state index is -1.95. The molecule has 352 valence electrons. The molecule has 0 aromatic rings. The Balaban J connectivity index is -0.00000148. The number of aliphatic hydroxyl groups excluding tert-OH is 6. The normalized spacial score (nSPS) is 18.5.